The van der Waals surface area contributed by atoms with E-state index in [2.05, 4.69) is 14.9 Å². The first-order valence-electron chi connectivity index (χ1n) is 6.13. The number of aromatic nitrogens is 2. The topological polar surface area (TPSA) is 80.9 Å². The predicted molar refractivity (Wildman–Crippen MR) is 84.2 cm³/mol. The lowest BCUT2D eigenvalue weighted by Crippen LogP contribution is -2.15. The summed E-state index contributed by atoms with van der Waals surface area (Å²) >= 11 is 5.79. The number of nitrogens with zero attached hydrogens (tertiary/aromatic N) is 2. The largest absolute Gasteiger partial charge is 0.389 e. The van der Waals surface area contributed by atoms with Crippen molar-refractivity contribution in [2.24, 2.45) is 5.73 Å². The van der Waals surface area contributed by atoms with Crippen LogP contribution in [-0.2, 0) is 0 Å². The van der Waals surface area contributed by atoms with Crippen LogP contribution < -0.4 is 11.1 Å². The first-order valence-corrected chi connectivity index (χ1v) is 7.31. The summed E-state index contributed by atoms with van der Waals surface area (Å²) < 4.78 is 17.3. The Kier molecular flexibility index (Phi) is 4.59. The van der Waals surface area contributed by atoms with Gasteiger partial charge in [0.2, 0.25) is 0 Å². The van der Waals surface area contributed by atoms with Crippen molar-refractivity contribution in [1.29, 1.82) is 0 Å². The summed E-state index contributed by atoms with van der Waals surface area (Å²) in [4.78, 5) is 12.6. The van der Waals surface area contributed by atoms with E-state index in [4.69, 9.17) is 18.0 Å². The van der Waals surface area contributed by atoms with E-state index in [1.54, 1.807) is 0 Å². The maximum atomic E-state index is 13.5. The highest BCUT2D eigenvalue weighted by Gasteiger charge is 2.19. The second kappa shape index (κ2) is 6.23. The molecule has 0 saturated carbocycles. The normalized spacial score (nSPS) is 10.7. The number of rotatable bonds is 4. The van der Waals surface area contributed by atoms with Gasteiger partial charge < -0.3 is 11.1 Å². The number of hydrogen-bond acceptors (Lipinski definition) is 5. The molecule has 2 aromatic rings. The minimum atomic E-state index is -0.525. The van der Waals surface area contributed by atoms with Crippen LogP contribution in [0.4, 0.5) is 10.1 Å². The SMILES string of the molecule is CC(C)c1nnsc1C(=O)Nc1ccc(F)c(C(N)=S)c1. The molecule has 0 bridgehead atoms. The molecule has 0 unspecified atom stereocenters. The summed E-state index contributed by atoms with van der Waals surface area (Å²) in [5.74, 6) is -0.776. The van der Waals surface area contributed by atoms with Crippen molar-refractivity contribution < 1.29 is 9.18 Å². The molecule has 3 N–H and O–H groups in total. The molecule has 0 saturated heterocycles. The zero-order chi connectivity index (χ0) is 15.6. The van der Waals surface area contributed by atoms with Crippen molar-refractivity contribution in [2.75, 3.05) is 5.32 Å². The fourth-order valence-corrected chi connectivity index (χ4v) is 2.58. The van der Waals surface area contributed by atoms with Crippen molar-refractivity contribution >= 4 is 40.3 Å². The number of thiocarbonyl (C=S) groups is 1. The van der Waals surface area contributed by atoms with Crippen LogP contribution >= 0.6 is 23.8 Å². The Morgan fingerprint density at radius 1 is 1.48 bits per heavy atom. The number of nitrogens with two attached hydrogens (primary N) is 1. The minimum absolute atomic E-state index is 0.0640. The van der Waals surface area contributed by atoms with E-state index in [9.17, 15) is 9.18 Å². The van der Waals surface area contributed by atoms with Crippen molar-refractivity contribution in [3.05, 3.63) is 40.2 Å². The lowest BCUT2D eigenvalue weighted by molar-refractivity contribution is 0.102. The molecule has 21 heavy (non-hydrogen) atoms. The monoisotopic (exact) mass is 324 g/mol. The van der Waals surface area contributed by atoms with Gasteiger partial charge in [0.15, 0.2) is 0 Å². The summed E-state index contributed by atoms with van der Waals surface area (Å²) in [6, 6.07) is 4.05. The highest BCUT2D eigenvalue weighted by atomic mass is 32.1. The molecule has 1 aromatic carbocycles. The fraction of sp³-hybridized carbons (Fsp3) is 0.231. The highest BCUT2D eigenvalue weighted by molar-refractivity contribution is 7.80. The van der Waals surface area contributed by atoms with Gasteiger partial charge in [-0.05, 0) is 35.6 Å². The number of halogens is 1. The minimum Gasteiger partial charge on any atom is -0.389 e. The van der Waals surface area contributed by atoms with Crippen LogP contribution in [0, 0.1) is 5.82 Å². The second-order valence-corrected chi connectivity index (χ2v) is 5.85. The molecule has 1 amide bonds. The Hall–Kier alpha value is -1.93. The zero-order valence-electron chi connectivity index (χ0n) is 11.4. The van der Waals surface area contributed by atoms with Crippen LogP contribution in [0.2, 0.25) is 0 Å². The van der Waals surface area contributed by atoms with Crippen molar-refractivity contribution in [3.63, 3.8) is 0 Å². The number of anilines is 1. The first kappa shape index (κ1) is 15.5. The lowest BCUT2D eigenvalue weighted by Gasteiger charge is -2.08. The molecular formula is C13H13FN4OS2. The lowest BCUT2D eigenvalue weighted by atomic mass is 10.1. The molecule has 0 atom stereocenters. The van der Waals surface area contributed by atoms with Gasteiger partial charge in [-0.2, -0.15) is 0 Å². The number of benzene rings is 1. The van der Waals surface area contributed by atoms with Crippen molar-refractivity contribution in [1.82, 2.24) is 9.59 Å². The van der Waals surface area contributed by atoms with E-state index in [-0.39, 0.29) is 22.4 Å². The average molecular weight is 324 g/mol. The standard InChI is InChI=1S/C13H13FN4OS2/c1-6(2)10-11(21-18-17-10)13(19)16-7-3-4-9(14)8(5-7)12(15)20/h3-6H,1-2H3,(H2,15,20)(H,16,19). The van der Waals surface area contributed by atoms with Crippen molar-refractivity contribution in [3.8, 4) is 0 Å². The van der Waals surface area contributed by atoms with E-state index in [0.29, 0.717) is 16.3 Å². The Bertz CT molecular complexity index is 699. The summed E-state index contributed by atoms with van der Waals surface area (Å²) in [5.41, 5.74) is 6.57. The van der Waals surface area contributed by atoms with Crippen LogP contribution in [0.15, 0.2) is 18.2 Å². The van der Waals surface area contributed by atoms with Crippen LogP contribution in [0.5, 0.6) is 0 Å². The molecule has 0 aliphatic heterocycles. The molecule has 8 heteroatoms. The maximum absolute atomic E-state index is 13.5. The van der Waals surface area contributed by atoms with Crippen molar-refractivity contribution in [2.45, 2.75) is 19.8 Å². The molecule has 1 heterocycles. The number of carbonyl (C=O) groups is 1. The third kappa shape index (κ3) is 3.40. The number of hydrogen-bond donors (Lipinski definition) is 2. The van der Waals surface area contributed by atoms with Crippen LogP contribution in [0.1, 0.15) is 40.7 Å². The molecule has 0 aliphatic rings. The van der Waals surface area contributed by atoms with E-state index in [1.165, 1.54) is 18.2 Å². The van der Waals surface area contributed by atoms with Gasteiger partial charge in [-0.25, -0.2) is 4.39 Å². The summed E-state index contributed by atoms with van der Waals surface area (Å²) in [6.45, 7) is 3.85. The third-order valence-corrected chi connectivity index (χ3v) is 3.72. The smallest absolute Gasteiger partial charge is 0.269 e. The Morgan fingerprint density at radius 3 is 2.81 bits per heavy atom. The second-order valence-electron chi connectivity index (χ2n) is 4.66. The number of carbonyl (C=O) groups excluding carboxylic acids is 1. The Balaban J connectivity index is 2.26. The van der Waals surface area contributed by atoms with E-state index >= 15 is 0 Å². The van der Waals surface area contributed by atoms with Gasteiger partial charge in [-0.1, -0.05) is 30.6 Å². The van der Waals surface area contributed by atoms with Crippen LogP contribution in [0.3, 0.4) is 0 Å². The molecular weight excluding hydrogens is 311 g/mol. The molecule has 1 aromatic heterocycles. The fourth-order valence-electron chi connectivity index (χ4n) is 1.71. The van der Waals surface area contributed by atoms with Gasteiger partial charge >= 0.3 is 0 Å². The number of amides is 1. The van der Waals surface area contributed by atoms with Gasteiger partial charge in [0.25, 0.3) is 5.91 Å². The van der Waals surface area contributed by atoms with Crippen LogP contribution in [0.25, 0.3) is 0 Å². The van der Waals surface area contributed by atoms with Gasteiger partial charge in [0.05, 0.1) is 5.69 Å². The molecule has 2 rings (SSSR count). The molecule has 0 fully saturated rings. The molecule has 5 nitrogen and oxygen atoms in total. The van der Waals surface area contributed by atoms with Gasteiger partial charge in [0, 0.05) is 11.3 Å². The molecule has 0 radical (unpaired) electrons. The maximum Gasteiger partial charge on any atom is 0.269 e. The summed E-state index contributed by atoms with van der Waals surface area (Å²) in [5, 5.41) is 6.62. The quantitative estimate of drug-likeness (QED) is 0.845. The third-order valence-electron chi connectivity index (χ3n) is 2.76. The van der Waals surface area contributed by atoms with Gasteiger partial charge in [-0.15, -0.1) is 5.10 Å². The number of nitrogens with one attached hydrogen (secondary N) is 1. The zero-order valence-corrected chi connectivity index (χ0v) is 13.0. The molecule has 0 spiro atoms. The van der Waals surface area contributed by atoms with E-state index in [0.717, 1.165) is 11.5 Å². The average Bonchev–Trinajstić information content (AvgIpc) is 2.90. The van der Waals surface area contributed by atoms with Gasteiger partial charge in [0.1, 0.15) is 15.7 Å². The Labute approximate surface area is 130 Å². The van der Waals surface area contributed by atoms with E-state index < -0.39 is 5.82 Å². The van der Waals surface area contributed by atoms with Crippen LogP contribution in [-0.4, -0.2) is 20.5 Å². The van der Waals surface area contributed by atoms with Gasteiger partial charge in [-0.3, -0.25) is 4.79 Å². The molecule has 110 valence electrons. The summed E-state index contributed by atoms with van der Waals surface area (Å²) in [7, 11) is 0. The highest BCUT2D eigenvalue weighted by Crippen LogP contribution is 2.22. The summed E-state index contributed by atoms with van der Waals surface area (Å²) in [6.07, 6.45) is 0. The molecule has 0 aliphatic carbocycles. The predicted octanol–water partition coefficient (Wildman–Crippen LogP) is 2.69. The first-order chi connectivity index (χ1) is 9.90. The van der Waals surface area contributed by atoms with E-state index in [1.807, 2.05) is 13.8 Å². The Morgan fingerprint density at radius 2 is 2.19 bits per heavy atom.